The fourth-order valence-corrected chi connectivity index (χ4v) is 4.30. The molecule has 0 aliphatic carbocycles. The van der Waals surface area contributed by atoms with Crippen molar-refractivity contribution in [1.82, 2.24) is 14.8 Å². The molecule has 0 aliphatic rings. The Kier molecular flexibility index (Phi) is 9.39. The molecule has 0 saturated carbocycles. The minimum Gasteiger partial charge on any atom is -0.486 e. The monoisotopic (exact) mass is 483 g/mol. The first-order valence-corrected chi connectivity index (χ1v) is 12.4. The smallest absolute Gasteiger partial charge is 0.191 e. The van der Waals surface area contributed by atoms with Gasteiger partial charge < -0.3 is 9.30 Å². The number of carbonyl (C=O) groups excluding carboxylic acids is 2. The summed E-state index contributed by atoms with van der Waals surface area (Å²) in [6.07, 6.45) is 0.777. The van der Waals surface area contributed by atoms with Crippen LogP contribution in [-0.2, 0) is 29.0 Å². The van der Waals surface area contributed by atoms with E-state index in [1.807, 2.05) is 35.8 Å². The number of hydrogen-bond donors (Lipinski definition) is 0. The van der Waals surface area contributed by atoms with E-state index in [2.05, 4.69) is 24.0 Å². The van der Waals surface area contributed by atoms with Crippen molar-refractivity contribution in [2.75, 3.05) is 12.4 Å². The van der Waals surface area contributed by atoms with E-state index >= 15 is 0 Å². The zero-order chi connectivity index (χ0) is 24.5. The SMILES string of the molecule is CCn1c(CCC(=O)COc2ccc(C(C)C)cc2)nnc1SCC(=O)Cc1ccccc1F. The number of halogens is 1. The number of ether oxygens (including phenoxy) is 1. The lowest BCUT2D eigenvalue weighted by Crippen LogP contribution is -2.14. The molecular weight excluding hydrogens is 453 g/mol. The average Bonchev–Trinajstić information content (AvgIpc) is 3.23. The van der Waals surface area contributed by atoms with Gasteiger partial charge in [0.1, 0.15) is 29.8 Å². The predicted octanol–water partition coefficient (Wildman–Crippen LogP) is 5.05. The van der Waals surface area contributed by atoms with Crippen molar-refractivity contribution < 1.29 is 18.7 Å². The van der Waals surface area contributed by atoms with Gasteiger partial charge in [0.25, 0.3) is 0 Å². The number of aryl methyl sites for hydroxylation is 1. The Bertz CT molecular complexity index is 1110. The molecule has 0 amide bonds. The van der Waals surface area contributed by atoms with Crippen molar-refractivity contribution in [2.45, 2.75) is 57.7 Å². The molecule has 0 atom stereocenters. The third-order valence-electron chi connectivity index (χ3n) is 5.39. The van der Waals surface area contributed by atoms with Gasteiger partial charge in [-0.1, -0.05) is 55.9 Å². The van der Waals surface area contributed by atoms with Crippen LogP contribution in [0.5, 0.6) is 5.75 Å². The summed E-state index contributed by atoms with van der Waals surface area (Å²) in [4.78, 5) is 24.6. The van der Waals surface area contributed by atoms with Gasteiger partial charge >= 0.3 is 0 Å². The van der Waals surface area contributed by atoms with Gasteiger partial charge in [-0.25, -0.2) is 4.39 Å². The van der Waals surface area contributed by atoms with E-state index in [-0.39, 0.29) is 36.2 Å². The van der Waals surface area contributed by atoms with E-state index in [0.29, 0.717) is 47.6 Å². The molecule has 3 aromatic rings. The molecule has 2 aromatic carbocycles. The van der Waals surface area contributed by atoms with Crippen LogP contribution in [0.25, 0.3) is 0 Å². The van der Waals surface area contributed by atoms with Gasteiger partial charge in [-0.15, -0.1) is 10.2 Å². The highest BCUT2D eigenvalue weighted by Gasteiger charge is 2.15. The molecule has 0 N–H and O–H groups in total. The van der Waals surface area contributed by atoms with Crippen LogP contribution in [0.3, 0.4) is 0 Å². The van der Waals surface area contributed by atoms with Crippen LogP contribution in [-0.4, -0.2) is 38.7 Å². The first-order chi connectivity index (χ1) is 16.4. The molecule has 0 bridgehead atoms. The fraction of sp³-hybridized carbons (Fsp3) is 0.385. The zero-order valence-electron chi connectivity index (χ0n) is 19.8. The van der Waals surface area contributed by atoms with Crippen molar-refractivity contribution >= 4 is 23.3 Å². The fourth-order valence-electron chi connectivity index (χ4n) is 3.41. The molecule has 0 spiro atoms. The van der Waals surface area contributed by atoms with Crippen molar-refractivity contribution in [3.8, 4) is 5.75 Å². The summed E-state index contributed by atoms with van der Waals surface area (Å²) in [6, 6.07) is 14.1. The Balaban J connectivity index is 1.47. The molecule has 1 heterocycles. The summed E-state index contributed by atoms with van der Waals surface area (Å²) in [5.74, 6) is 1.51. The molecule has 0 saturated heterocycles. The normalized spacial score (nSPS) is 11.1. The van der Waals surface area contributed by atoms with Gasteiger partial charge in [-0.3, -0.25) is 9.59 Å². The number of benzene rings is 2. The molecule has 1 aromatic heterocycles. The maximum atomic E-state index is 13.8. The van der Waals surface area contributed by atoms with Gasteiger partial charge in [0.15, 0.2) is 10.9 Å². The van der Waals surface area contributed by atoms with Crippen molar-refractivity contribution in [2.24, 2.45) is 0 Å². The summed E-state index contributed by atoms with van der Waals surface area (Å²) in [5.41, 5.74) is 1.61. The van der Waals surface area contributed by atoms with Crippen LogP contribution in [0, 0.1) is 5.82 Å². The van der Waals surface area contributed by atoms with Crippen LogP contribution in [0.15, 0.2) is 53.7 Å². The maximum Gasteiger partial charge on any atom is 0.191 e. The molecule has 0 unspecified atom stereocenters. The van der Waals surface area contributed by atoms with Crippen LogP contribution in [0.2, 0.25) is 0 Å². The highest BCUT2D eigenvalue weighted by molar-refractivity contribution is 7.99. The molecule has 6 nitrogen and oxygen atoms in total. The predicted molar refractivity (Wildman–Crippen MR) is 131 cm³/mol. The Labute approximate surface area is 203 Å². The number of hydrogen-bond acceptors (Lipinski definition) is 6. The van der Waals surface area contributed by atoms with E-state index in [4.69, 9.17) is 4.74 Å². The number of thioether (sulfide) groups is 1. The highest BCUT2D eigenvalue weighted by atomic mass is 32.2. The summed E-state index contributed by atoms with van der Waals surface area (Å²) in [5, 5.41) is 9.01. The highest BCUT2D eigenvalue weighted by Crippen LogP contribution is 2.20. The van der Waals surface area contributed by atoms with Gasteiger partial charge in [0, 0.05) is 25.8 Å². The number of carbonyl (C=O) groups is 2. The number of aromatic nitrogens is 3. The lowest BCUT2D eigenvalue weighted by atomic mass is 10.0. The van der Waals surface area contributed by atoms with Gasteiger partial charge in [-0.05, 0) is 42.2 Å². The summed E-state index contributed by atoms with van der Waals surface area (Å²) in [7, 11) is 0. The number of nitrogens with zero attached hydrogens (tertiary/aromatic N) is 3. The van der Waals surface area contributed by atoms with Crippen LogP contribution in [0.1, 0.15) is 50.1 Å². The Morgan fingerprint density at radius 2 is 1.79 bits per heavy atom. The van der Waals surface area contributed by atoms with Crippen molar-refractivity contribution in [3.05, 3.63) is 71.3 Å². The lowest BCUT2D eigenvalue weighted by Gasteiger charge is -2.09. The van der Waals surface area contributed by atoms with Crippen molar-refractivity contribution in [1.29, 1.82) is 0 Å². The van der Waals surface area contributed by atoms with E-state index in [1.54, 1.807) is 18.2 Å². The Morgan fingerprint density at radius 3 is 2.47 bits per heavy atom. The van der Waals surface area contributed by atoms with Crippen LogP contribution < -0.4 is 4.74 Å². The van der Waals surface area contributed by atoms with Gasteiger partial charge in [-0.2, -0.15) is 0 Å². The molecule has 8 heteroatoms. The largest absolute Gasteiger partial charge is 0.486 e. The van der Waals surface area contributed by atoms with E-state index < -0.39 is 0 Å². The molecule has 3 rings (SSSR count). The van der Waals surface area contributed by atoms with Gasteiger partial charge in [0.05, 0.1) is 5.75 Å². The Hall–Kier alpha value is -3.00. The Morgan fingerprint density at radius 1 is 1.06 bits per heavy atom. The van der Waals surface area contributed by atoms with Gasteiger partial charge in [0.2, 0.25) is 0 Å². The molecule has 34 heavy (non-hydrogen) atoms. The second kappa shape index (κ2) is 12.5. The minimum atomic E-state index is -0.374. The minimum absolute atomic E-state index is 0.00738. The molecule has 0 aliphatic heterocycles. The molecular formula is C26H30FN3O3S. The van der Waals surface area contributed by atoms with E-state index in [1.165, 1.54) is 23.4 Å². The quantitative estimate of drug-likeness (QED) is 0.317. The summed E-state index contributed by atoms with van der Waals surface area (Å²) < 4.78 is 21.3. The van der Waals surface area contributed by atoms with Crippen molar-refractivity contribution in [3.63, 3.8) is 0 Å². The maximum absolute atomic E-state index is 13.8. The third-order valence-corrected chi connectivity index (χ3v) is 6.42. The number of ketones is 2. The summed E-state index contributed by atoms with van der Waals surface area (Å²) >= 11 is 1.28. The van der Waals surface area contributed by atoms with Crippen LogP contribution >= 0.6 is 11.8 Å². The average molecular weight is 484 g/mol. The topological polar surface area (TPSA) is 74.1 Å². The zero-order valence-corrected chi connectivity index (χ0v) is 20.6. The number of rotatable bonds is 13. The molecule has 180 valence electrons. The third kappa shape index (κ3) is 7.25. The summed E-state index contributed by atoms with van der Waals surface area (Å²) in [6.45, 7) is 6.85. The first-order valence-electron chi connectivity index (χ1n) is 11.4. The first kappa shape index (κ1) is 25.6. The second-order valence-corrected chi connectivity index (χ2v) is 9.23. The van der Waals surface area contributed by atoms with Crippen LogP contribution in [0.4, 0.5) is 4.39 Å². The van der Waals surface area contributed by atoms with E-state index in [0.717, 1.165) is 0 Å². The van der Waals surface area contributed by atoms with E-state index in [9.17, 15) is 14.0 Å². The lowest BCUT2D eigenvalue weighted by molar-refractivity contribution is -0.121. The molecule has 0 fully saturated rings. The second-order valence-electron chi connectivity index (χ2n) is 8.29. The molecule has 0 radical (unpaired) electrons. The number of Topliss-reactive ketones (excluding diaryl/α,β-unsaturated/α-hetero) is 2. The standard InChI is InChI=1S/C26H30FN3O3S/c1-4-30-25(14-11-21(31)16-33-23-12-9-19(10-13-23)18(2)3)28-29-26(30)34-17-22(32)15-20-7-5-6-8-24(20)27/h5-10,12-13,18H,4,11,14-17H2,1-3H3.